The number of piperazine rings is 1. The van der Waals surface area contributed by atoms with E-state index < -0.39 is 0 Å². The molecule has 1 aliphatic heterocycles. The van der Waals surface area contributed by atoms with Crippen molar-refractivity contribution in [2.75, 3.05) is 31.5 Å². The Bertz CT molecular complexity index is 1050. The van der Waals surface area contributed by atoms with E-state index in [1.807, 2.05) is 49.1 Å². The quantitative estimate of drug-likeness (QED) is 0.698. The second kappa shape index (κ2) is 8.25. The van der Waals surface area contributed by atoms with Crippen LogP contribution >= 0.6 is 11.3 Å². The largest absolute Gasteiger partial charge is 0.339 e. The zero-order valence-corrected chi connectivity index (χ0v) is 17.6. The monoisotopic (exact) mass is 407 g/mol. The molecular formula is C23H25N3O2S. The van der Waals surface area contributed by atoms with E-state index in [1.165, 1.54) is 4.70 Å². The molecule has 0 unspecified atom stereocenters. The van der Waals surface area contributed by atoms with E-state index in [2.05, 4.69) is 22.8 Å². The van der Waals surface area contributed by atoms with Crippen molar-refractivity contribution in [3.63, 3.8) is 0 Å². The number of anilines is 1. The third kappa shape index (κ3) is 4.27. The minimum absolute atomic E-state index is 0.102. The predicted molar refractivity (Wildman–Crippen MR) is 119 cm³/mol. The Kier molecular flexibility index (Phi) is 5.53. The molecule has 1 aliphatic rings. The molecule has 2 aromatic carbocycles. The lowest BCUT2D eigenvalue weighted by Gasteiger charge is -2.35. The summed E-state index contributed by atoms with van der Waals surface area (Å²) in [6, 6.07) is 14.1. The Morgan fingerprint density at radius 3 is 2.52 bits per heavy atom. The number of carbonyl (C=O) groups excluding carboxylic acids is 2. The fourth-order valence-electron chi connectivity index (χ4n) is 3.67. The summed E-state index contributed by atoms with van der Waals surface area (Å²) in [4.78, 5) is 29.0. The molecule has 5 nitrogen and oxygen atoms in total. The Balaban J connectivity index is 1.33. The Morgan fingerprint density at radius 2 is 1.72 bits per heavy atom. The third-order valence-electron chi connectivity index (χ3n) is 5.46. The average Bonchev–Trinajstić information content (AvgIpc) is 3.13. The van der Waals surface area contributed by atoms with Crippen molar-refractivity contribution in [1.82, 2.24) is 9.80 Å². The molecule has 1 aromatic heterocycles. The zero-order valence-electron chi connectivity index (χ0n) is 16.8. The number of amides is 3. The molecule has 29 heavy (non-hydrogen) atoms. The van der Waals surface area contributed by atoms with E-state index in [9.17, 15) is 9.59 Å². The molecule has 0 spiro atoms. The Hall–Kier alpha value is -2.86. The maximum atomic E-state index is 12.8. The number of aryl methyl sites for hydroxylation is 2. The number of nitrogens with zero attached hydrogens (tertiary/aromatic N) is 2. The maximum absolute atomic E-state index is 12.8. The van der Waals surface area contributed by atoms with Gasteiger partial charge in [0, 0.05) is 36.6 Å². The first-order chi connectivity index (χ1) is 14.0. The lowest BCUT2D eigenvalue weighted by atomic mass is 10.1. The lowest BCUT2D eigenvalue weighted by Crippen LogP contribution is -2.52. The highest BCUT2D eigenvalue weighted by Crippen LogP contribution is 2.26. The molecule has 0 bridgehead atoms. The van der Waals surface area contributed by atoms with Crippen molar-refractivity contribution >= 4 is 39.0 Å². The van der Waals surface area contributed by atoms with Gasteiger partial charge in [-0.2, -0.15) is 0 Å². The van der Waals surface area contributed by atoms with E-state index in [4.69, 9.17) is 0 Å². The van der Waals surface area contributed by atoms with E-state index in [0.29, 0.717) is 32.6 Å². The summed E-state index contributed by atoms with van der Waals surface area (Å²) in [5.41, 5.74) is 4.09. The molecule has 150 valence electrons. The minimum atomic E-state index is -0.102. The van der Waals surface area contributed by atoms with E-state index in [0.717, 1.165) is 27.8 Å². The van der Waals surface area contributed by atoms with Crippen LogP contribution in [-0.2, 0) is 11.2 Å². The molecule has 0 aliphatic carbocycles. The number of thiophene rings is 1. The van der Waals surface area contributed by atoms with Gasteiger partial charge in [0.15, 0.2) is 0 Å². The van der Waals surface area contributed by atoms with Crippen LogP contribution in [0.25, 0.3) is 10.1 Å². The average molecular weight is 408 g/mol. The van der Waals surface area contributed by atoms with Crippen molar-refractivity contribution in [1.29, 1.82) is 0 Å². The number of nitrogens with one attached hydrogen (secondary N) is 1. The van der Waals surface area contributed by atoms with E-state index >= 15 is 0 Å². The molecule has 4 rings (SSSR count). The van der Waals surface area contributed by atoms with Gasteiger partial charge in [-0.3, -0.25) is 4.79 Å². The zero-order chi connectivity index (χ0) is 20.4. The highest BCUT2D eigenvalue weighted by Gasteiger charge is 2.25. The fraction of sp³-hybridized carbons (Fsp3) is 0.304. The van der Waals surface area contributed by atoms with Gasteiger partial charge in [-0.05, 0) is 53.4 Å². The predicted octanol–water partition coefficient (Wildman–Crippen LogP) is 4.44. The van der Waals surface area contributed by atoms with Crippen LogP contribution in [-0.4, -0.2) is 47.9 Å². The second-order valence-corrected chi connectivity index (χ2v) is 8.46. The van der Waals surface area contributed by atoms with Crippen molar-refractivity contribution < 1.29 is 9.59 Å². The van der Waals surface area contributed by atoms with E-state index in [-0.39, 0.29) is 11.9 Å². The molecule has 0 saturated carbocycles. The number of fused-ring (bicyclic) bond motifs is 1. The first-order valence-corrected chi connectivity index (χ1v) is 10.8. The van der Waals surface area contributed by atoms with Crippen LogP contribution in [0.3, 0.4) is 0 Å². The number of rotatable bonds is 3. The first-order valence-electron chi connectivity index (χ1n) is 9.87. The molecule has 1 saturated heterocycles. The first kappa shape index (κ1) is 19.5. The van der Waals surface area contributed by atoms with Crippen molar-refractivity contribution in [2.24, 2.45) is 0 Å². The number of carbonyl (C=O) groups is 2. The number of hydrogen-bond donors (Lipinski definition) is 1. The SMILES string of the molecule is Cc1ccc(C)c(NC(=O)N2CCN(C(=O)Cc3csc4ccccc34)CC2)c1. The van der Waals surface area contributed by atoms with Gasteiger partial charge in [-0.25, -0.2) is 4.79 Å². The summed E-state index contributed by atoms with van der Waals surface area (Å²) in [5.74, 6) is 0.128. The van der Waals surface area contributed by atoms with Crippen molar-refractivity contribution in [3.05, 3.63) is 64.5 Å². The molecule has 3 amide bonds. The Labute approximate surface area is 174 Å². The van der Waals surface area contributed by atoms with Crippen LogP contribution in [0.1, 0.15) is 16.7 Å². The fourth-order valence-corrected chi connectivity index (χ4v) is 4.63. The molecule has 0 radical (unpaired) electrons. The highest BCUT2D eigenvalue weighted by atomic mass is 32.1. The summed E-state index contributed by atoms with van der Waals surface area (Å²) < 4.78 is 1.21. The smallest absolute Gasteiger partial charge is 0.321 e. The van der Waals surface area contributed by atoms with Gasteiger partial charge in [0.05, 0.1) is 6.42 Å². The van der Waals surface area contributed by atoms with Crippen LogP contribution in [0, 0.1) is 13.8 Å². The molecule has 0 atom stereocenters. The van der Waals surface area contributed by atoms with Crippen LogP contribution < -0.4 is 5.32 Å². The molecular weight excluding hydrogens is 382 g/mol. The molecule has 1 N–H and O–H groups in total. The summed E-state index contributed by atoms with van der Waals surface area (Å²) >= 11 is 1.68. The number of hydrogen-bond acceptors (Lipinski definition) is 3. The summed E-state index contributed by atoms with van der Waals surface area (Å²) in [6.07, 6.45) is 0.415. The van der Waals surface area contributed by atoms with Gasteiger partial charge in [-0.1, -0.05) is 30.3 Å². The molecule has 3 aromatic rings. The maximum Gasteiger partial charge on any atom is 0.321 e. The standard InChI is InChI=1S/C23H25N3O2S/c1-16-7-8-17(2)20(13-16)24-23(28)26-11-9-25(10-12-26)22(27)14-18-15-29-21-6-4-3-5-19(18)21/h3-8,13,15H,9-12,14H2,1-2H3,(H,24,28). The Morgan fingerprint density at radius 1 is 1.00 bits per heavy atom. The van der Waals surface area contributed by atoms with E-state index in [1.54, 1.807) is 16.2 Å². The number of urea groups is 1. The lowest BCUT2D eigenvalue weighted by molar-refractivity contribution is -0.131. The van der Waals surface area contributed by atoms with Gasteiger partial charge in [0.25, 0.3) is 0 Å². The summed E-state index contributed by atoms with van der Waals surface area (Å²) in [7, 11) is 0. The normalized spacial score (nSPS) is 14.3. The van der Waals surface area contributed by atoms with Crippen LogP contribution in [0.5, 0.6) is 0 Å². The van der Waals surface area contributed by atoms with Crippen molar-refractivity contribution in [3.8, 4) is 0 Å². The van der Waals surface area contributed by atoms with Crippen LogP contribution in [0.2, 0.25) is 0 Å². The molecule has 1 fully saturated rings. The van der Waals surface area contributed by atoms with Gasteiger partial charge >= 0.3 is 6.03 Å². The van der Waals surface area contributed by atoms with Crippen LogP contribution in [0.15, 0.2) is 47.8 Å². The number of benzene rings is 2. The second-order valence-electron chi connectivity index (χ2n) is 7.55. The highest BCUT2D eigenvalue weighted by molar-refractivity contribution is 7.17. The summed E-state index contributed by atoms with van der Waals surface area (Å²) in [6.45, 7) is 6.23. The summed E-state index contributed by atoms with van der Waals surface area (Å²) in [5, 5.41) is 6.25. The molecule has 6 heteroatoms. The van der Waals surface area contributed by atoms with Crippen molar-refractivity contribution in [2.45, 2.75) is 20.3 Å². The van der Waals surface area contributed by atoms with Gasteiger partial charge in [-0.15, -0.1) is 11.3 Å². The topological polar surface area (TPSA) is 52.7 Å². The van der Waals surface area contributed by atoms with Gasteiger partial charge in [0.1, 0.15) is 0 Å². The minimum Gasteiger partial charge on any atom is -0.339 e. The third-order valence-corrected chi connectivity index (χ3v) is 6.47. The van der Waals surface area contributed by atoms with Crippen LogP contribution in [0.4, 0.5) is 10.5 Å². The van der Waals surface area contributed by atoms with Gasteiger partial charge in [0.2, 0.25) is 5.91 Å². The van der Waals surface area contributed by atoms with Gasteiger partial charge < -0.3 is 15.1 Å². The molecule has 2 heterocycles.